The minimum Gasteiger partial charge on any atom is -0.345 e. The summed E-state index contributed by atoms with van der Waals surface area (Å²) >= 11 is 13.4. The highest BCUT2D eigenvalue weighted by molar-refractivity contribution is 7.20. The van der Waals surface area contributed by atoms with Crippen LogP contribution >= 0.6 is 34.5 Å². The molecular formula is C19H17Cl2N5O3S. The molecule has 0 spiro atoms. The zero-order valence-electron chi connectivity index (χ0n) is 15.8. The number of hydrazine groups is 1. The first-order valence-electron chi connectivity index (χ1n) is 9.14. The van der Waals surface area contributed by atoms with Crippen molar-refractivity contribution in [2.45, 2.75) is 32.4 Å². The van der Waals surface area contributed by atoms with Gasteiger partial charge in [-0.05, 0) is 43.5 Å². The highest BCUT2D eigenvalue weighted by Crippen LogP contribution is 2.30. The number of amides is 3. The summed E-state index contributed by atoms with van der Waals surface area (Å²) in [6.07, 6.45) is 1.73. The molecule has 1 fully saturated rings. The van der Waals surface area contributed by atoms with Crippen LogP contribution in [0.25, 0.3) is 10.2 Å². The Hall–Kier alpha value is -2.62. The second-order valence-corrected chi connectivity index (χ2v) is 8.84. The fourth-order valence-electron chi connectivity index (χ4n) is 2.85. The summed E-state index contributed by atoms with van der Waals surface area (Å²) in [6.45, 7) is 2.26. The van der Waals surface area contributed by atoms with Gasteiger partial charge in [-0.25, -0.2) is 0 Å². The molecule has 0 saturated heterocycles. The number of fused-ring (bicyclic) bond motifs is 1. The Bertz CT molecular complexity index is 1170. The van der Waals surface area contributed by atoms with Gasteiger partial charge in [0.05, 0.1) is 17.1 Å². The number of carbonyl (C=O) groups is 3. The average molecular weight is 466 g/mol. The lowest BCUT2D eigenvalue weighted by molar-refractivity contribution is -0.139. The molecule has 3 amide bonds. The Morgan fingerprint density at radius 2 is 1.93 bits per heavy atom. The number of carbonyl (C=O) groups excluding carboxylic acids is 3. The fraction of sp³-hybridized carbons (Fsp3) is 0.263. The molecule has 1 aliphatic rings. The highest BCUT2D eigenvalue weighted by atomic mass is 35.5. The number of benzene rings is 1. The van der Waals surface area contributed by atoms with Gasteiger partial charge in [-0.3, -0.25) is 29.9 Å². The van der Waals surface area contributed by atoms with E-state index in [9.17, 15) is 14.4 Å². The van der Waals surface area contributed by atoms with Crippen LogP contribution in [0.3, 0.4) is 0 Å². The third kappa shape index (κ3) is 4.43. The van der Waals surface area contributed by atoms with Crippen LogP contribution < -0.4 is 16.2 Å². The molecule has 8 nitrogen and oxygen atoms in total. The third-order valence-electron chi connectivity index (χ3n) is 4.57. The maximum atomic E-state index is 12.4. The summed E-state index contributed by atoms with van der Waals surface area (Å²) in [5.41, 5.74) is 6.02. The Morgan fingerprint density at radius 1 is 1.17 bits per heavy atom. The molecule has 2 heterocycles. The van der Waals surface area contributed by atoms with Gasteiger partial charge in [-0.1, -0.05) is 29.3 Å². The van der Waals surface area contributed by atoms with Gasteiger partial charge in [0.25, 0.3) is 5.91 Å². The quantitative estimate of drug-likeness (QED) is 0.406. The van der Waals surface area contributed by atoms with E-state index in [2.05, 4.69) is 21.3 Å². The lowest BCUT2D eigenvalue weighted by Crippen LogP contribution is -2.48. The van der Waals surface area contributed by atoms with Crippen LogP contribution in [0.4, 0.5) is 0 Å². The number of hydrogen-bond donors (Lipinski definition) is 3. The Kier molecular flexibility index (Phi) is 5.68. The third-order valence-corrected chi connectivity index (χ3v) is 6.31. The molecule has 11 heteroatoms. The van der Waals surface area contributed by atoms with Crippen LogP contribution in [-0.4, -0.2) is 33.5 Å². The Morgan fingerprint density at radius 3 is 2.63 bits per heavy atom. The van der Waals surface area contributed by atoms with E-state index in [0.717, 1.165) is 34.3 Å². The van der Waals surface area contributed by atoms with Gasteiger partial charge >= 0.3 is 11.8 Å². The molecule has 30 heavy (non-hydrogen) atoms. The van der Waals surface area contributed by atoms with Crippen molar-refractivity contribution in [3.63, 3.8) is 0 Å². The molecule has 0 aliphatic heterocycles. The first-order valence-corrected chi connectivity index (χ1v) is 10.7. The molecule has 1 saturated carbocycles. The smallest absolute Gasteiger partial charge is 0.327 e. The highest BCUT2D eigenvalue weighted by Gasteiger charge is 2.26. The van der Waals surface area contributed by atoms with Crippen molar-refractivity contribution in [3.05, 3.63) is 50.4 Å². The SMILES string of the molecule is Cc1nn(Cc2ccc(Cl)cc2Cl)c2sc(C(=O)NNC(=O)C(=O)NC3CC3)cc12. The minimum atomic E-state index is -0.906. The topological polar surface area (TPSA) is 105 Å². The molecule has 3 aromatic rings. The minimum absolute atomic E-state index is 0.0570. The van der Waals surface area contributed by atoms with E-state index >= 15 is 0 Å². The largest absolute Gasteiger partial charge is 0.345 e. The van der Waals surface area contributed by atoms with E-state index in [1.165, 1.54) is 11.3 Å². The van der Waals surface area contributed by atoms with Gasteiger partial charge < -0.3 is 5.32 Å². The zero-order chi connectivity index (χ0) is 21.4. The van der Waals surface area contributed by atoms with Crippen molar-refractivity contribution in [2.75, 3.05) is 0 Å². The Balaban J connectivity index is 1.47. The van der Waals surface area contributed by atoms with Crippen molar-refractivity contribution in [1.29, 1.82) is 0 Å². The molecule has 156 valence electrons. The number of halogens is 2. The predicted molar refractivity (Wildman–Crippen MR) is 115 cm³/mol. The standard InChI is InChI=1S/C19H17Cl2N5O3S/c1-9-13-7-15(16(27)23-24-18(29)17(28)22-12-4-5-12)30-19(13)26(25-9)8-10-2-3-11(20)6-14(10)21/h2-3,6-7,12H,4-5,8H2,1H3,(H,22,28)(H,23,27)(H,24,29). The van der Waals surface area contributed by atoms with Crippen LogP contribution in [0.5, 0.6) is 0 Å². The number of hydrogen-bond acceptors (Lipinski definition) is 5. The maximum absolute atomic E-state index is 12.4. The van der Waals surface area contributed by atoms with E-state index in [1.54, 1.807) is 22.9 Å². The summed E-state index contributed by atoms with van der Waals surface area (Å²) in [5, 5.41) is 8.98. The van der Waals surface area contributed by atoms with E-state index < -0.39 is 17.7 Å². The van der Waals surface area contributed by atoms with Crippen LogP contribution in [-0.2, 0) is 16.1 Å². The first-order chi connectivity index (χ1) is 14.3. The molecule has 0 unspecified atom stereocenters. The van der Waals surface area contributed by atoms with Gasteiger partial charge in [0, 0.05) is 21.5 Å². The van der Waals surface area contributed by atoms with Crippen molar-refractivity contribution in [3.8, 4) is 0 Å². The van der Waals surface area contributed by atoms with Crippen LogP contribution in [0.2, 0.25) is 10.0 Å². The number of aromatic nitrogens is 2. The van der Waals surface area contributed by atoms with E-state index in [4.69, 9.17) is 23.2 Å². The van der Waals surface area contributed by atoms with E-state index in [-0.39, 0.29) is 6.04 Å². The molecule has 3 N–H and O–H groups in total. The molecule has 0 atom stereocenters. The number of aryl methyl sites for hydroxylation is 1. The summed E-state index contributed by atoms with van der Waals surface area (Å²) < 4.78 is 1.77. The van der Waals surface area contributed by atoms with Gasteiger partial charge in [-0.15, -0.1) is 11.3 Å². The molecular weight excluding hydrogens is 449 g/mol. The predicted octanol–water partition coefficient (Wildman–Crippen LogP) is 2.80. The van der Waals surface area contributed by atoms with Crippen molar-refractivity contribution in [2.24, 2.45) is 0 Å². The second kappa shape index (κ2) is 8.25. The van der Waals surface area contributed by atoms with Gasteiger partial charge in [0.2, 0.25) is 0 Å². The first kappa shape index (κ1) is 20.6. The number of nitrogens with zero attached hydrogens (tertiary/aromatic N) is 2. The van der Waals surface area contributed by atoms with Crippen LogP contribution in [0.15, 0.2) is 24.3 Å². The molecule has 1 aliphatic carbocycles. The normalized spacial score (nSPS) is 13.3. The zero-order valence-corrected chi connectivity index (χ0v) is 18.1. The number of thiophene rings is 1. The lowest BCUT2D eigenvalue weighted by Gasteiger charge is -2.07. The molecule has 0 radical (unpaired) electrons. The van der Waals surface area contributed by atoms with Crippen LogP contribution in [0, 0.1) is 6.92 Å². The van der Waals surface area contributed by atoms with Gasteiger partial charge in [-0.2, -0.15) is 5.10 Å². The summed E-state index contributed by atoms with van der Waals surface area (Å²) in [4.78, 5) is 37.0. The average Bonchev–Trinajstić information content (AvgIpc) is 3.31. The summed E-state index contributed by atoms with van der Waals surface area (Å²) in [6, 6.07) is 7.01. The second-order valence-electron chi connectivity index (χ2n) is 6.96. The molecule has 1 aromatic carbocycles. The fourth-order valence-corrected chi connectivity index (χ4v) is 4.38. The van der Waals surface area contributed by atoms with Gasteiger partial charge in [0.1, 0.15) is 4.83 Å². The lowest BCUT2D eigenvalue weighted by atomic mass is 10.2. The molecule has 4 rings (SSSR count). The van der Waals surface area contributed by atoms with Crippen molar-refractivity contribution in [1.82, 2.24) is 25.9 Å². The number of rotatable bonds is 4. The van der Waals surface area contributed by atoms with E-state index in [1.807, 2.05) is 13.0 Å². The maximum Gasteiger partial charge on any atom is 0.327 e. The molecule has 0 bridgehead atoms. The molecule has 2 aromatic heterocycles. The Labute approximate surface area is 185 Å². The van der Waals surface area contributed by atoms with Crippen molar-refractivity contribution >= 4 is 62.5 Å². The van der Waals surface area contributed by atoms with Gasteiger partial charge in [0.15, 0.2) is 0 Å². The summed E-state index contributed by atoms with van der Waals surface area (Å²) in [5.74, 6) is -2.18. The van der Waals surface area contributed by atoms with E-state index in [0.29, 0.717) is 21.5 Å². The summed E-state index contributed by atoms with van der Waals surface area (Å²) in [7, 11) is 0. The van der Waals surface area contributed by atoms with Crippen molar-refractivity contribution < 1.29 is 14.4 Å². The number of nitrogens with one attached hydrogen (secondary N) is 3. The van der Waals surface area contributed by atoms with Crippen LogP contribution in [0.1, 0.15) is 33.8 Å². The monoisotopic (exact) mass is 465 g/mol.